The lowest BCUT2D eigenvalue weighted by molar-refractivity contribution is 0.260. The molecule has 3 heteroatoms. The van der Waals surface area contributed by atoms with Crippen molar-refractivity contribution in [1.29, 1.82) is 5.26 Å². The highest BCUT2D eigenvalue weighted by Crippen LogP contribution is 2.24. The summed E-state index contributed by atoms with van der Waals surface area (Å²) in [6.07, 6.45) is 3.87. The van der Waals surface area contributed by atoms with Gasteiger partial charge in [0.1, 0.15) is 0 Å². The molecule has 0 fully saturated rings. The molecule has 1 heterocycles. The fourth-order valence-electron chi connectivity index (χ4n) is 2.11. The third-order valence-electron chi connectivity index (χ3n) is 3.04. The van der Waals surface area contributed by atoms with Crippen LogP contribution in [0, 0.1) is 11.3 Å². The number of nitriles is 1. The fraction of sp³-hybridized carbons (Fsp3) is 0.462. The third-order valence-corrected chi connectivity index (χ3v) is 3.77. The second-order valence-electron chi connectivity index (χ2n) is 4.07. The summed E-state index contributed by atoms with van der Waals surface area (Å²) in [5, 5.41) is 8.58. The molecule has 1 aliphatic heterocycles. The molecule has 1 aromatic rings. The summed E-state index contributed by atoms with van der Waals surface area (Å²) in [6, 6.07) is 8.95. The average molecular weight is 232 g/mol. The van der Waals surface area contributed by atoms with Crippen molar-refractivity contribution in [1.82, 2.24) is 4.90 Å². The molecule has 1 aromatic carbocycles. The highest BCUT2D eigenvalue weighted by atomic mass is 32.2. The Balaban J connectivity index is 2.07. The zero-order valence-corrected chi connectivity index (χ0v) is 10.4. The van der Waals surface area contributed by atoms with E-state index in [9.17, 15) is 0 Å². The maximum absolute atomic E-state index is 8.58. The van der Waals surface area contributed by atoms with Crippen LogP contribution < -0.4 is 0 Å². The Bertz CT molecular complexity index is 409. The van der Waals surface area contributed by atoms with Gasteiger partial charge in [-0.25, -0.2) is 0 Å². The van der Waals surface area contributed by atoms with E-state index in [1.54, 1.807) is 11.8 Å². The smallest absolute Gasteiger partial charge is 0.0635 e. The number of nitrogens with zero attached hydrogens (tertiary/aromatic N) is 2. The Morgan fingerprint density at radius 2 is 2.31 bits per heavy atom. The quantitative estimate of drug-likeness (QED) is 0.750. The van der Waals surface area contributed by atoms with E-state index in [-0.39, 0.29) is 0 Å². The zero-order valence-electron chi connectivity index (χ0n) is 9.57. The van der Waals surface area contributed by atoms with Gasteiger partial charge in [0.25, 0.3) is 0 Å². The van der Waals surface area contributed by atoms with Gasteiger partial charge in [0.05, 0.1) is 6.07 Å². The molecule has 0 atom stereocenters. The van der Waals surface area contributed by atoms with Crippen LogP contribution in [-0.4, -0.2) is 24.2 Å². The van der Waals surface area contributed by atoms with Gasteiger partial charge in [-0.15, -0.1) is 11.8 Å². The molecule has 0 spiro atoms. The topological polar surface area (TPSA) is 27.0 Å². The molecule has 0 radical (unpaired) electrons. The van der Waals surface area contributed by atoms with Crippen molar-refractivity contribution in [3.8, 4) is 6.07 Å². The SMILES string of the molecule is CSc1ccc2c(c1)CCN(CCC#N)C2. The lowest BCUT2D eigenvalue weighted by atomic mass is 10.00. The number of hydrogen-bond acceptors (Lipinski definition) is 3. The van der Waals surface area contributed by atoms with Gasteiger partial charge in [-0.05, 0) is 35.9 Å². The van der Waals surface area contributed by atoms with Crippen LogP contribution in [0.2, 0.25) is 0 Å². The van der Waals surface area contributed by atoms with E-state index >= 15 is 0 Å². The largest absolute Gasteiger partial charge is 0.298 e. The van der Waals surface area contributed by atoms with E-state index in [1.807, 2.05) is 0 Å². The van der Waals surface area contributed by atoms with E-state index in [0.29, 0.717) is 6.42 Å². The summed E-state index contributed by atoms with van der Waals surface area (Å²) < 4.78 is 0. The van der Waals surface area contributed by atoms with Crippen molar-refractivity contribution in [2.75, 3.05) is 19.3 Å². The number of benzene rings is 1. The maximum atomic E-state index is 8.58. The van der Waals surface area contributed by atoms with Crippen molar-refractivity contribution >= 4 is 11.8 Å². The molecule has 0 saturated heterocycles. The zero-order chi connectivity index (χ0) is 11.4. The summed E-state index contributed by atoms with van der Waals surface area (Å²) in [4.78, 5) is 3.72. The summed E-state index contributed by atoms with van der Waals surface area (Å²) >= 11 is 1.80. The van der Waals surface area contributed by atoms with E-state index in [4.69, 9.17) is 5.26 Å². The van der Waals surface area contributed by atoms with E-state index in [0.717, 1.165) is 26.1 Å². The van der Waals surface area contributed by atoms with Gasteiger partial charge < -0.3 is 0 Å². The van der Waals surface area contributed by atoms with Gasteiger partial charge in [0.2, 0.25) is 0 Å². The first-order valence-electron chi connectivity index (χ1n) is 5.58. The van der Waals surface area contributed by atoms with Gasteiger partial charge in [-0.1, -0.05) is 6.07 Å². The predicted octanol–water partition coefficient (Wildman–Crippen LogP) is 2.68. The number of hydrogen-bond donors (Lipinski definition) is 0. The molecular weight excluding hydrogens is 216 g/mol. The molecule has 2 rings (SSSR count). The van der Waals surface area contributed by atoms with Crippen LogP contribution >= 0.6 is 11.8 Å². The van der Waals surface area contributed by atoms with Gasteiger partial charge in [0, 0.05) is 31.0 Å². The first-order chi connectivity index (χ1) is 7.83. The fourth-order valence-corrected chi connectivity index (χ4v) is 2.58. The van der Waals surface area contributed by atoms with Gasteiger partial charge in [-0.3, -0.25) is 4.90 Å². The van der Waals surface area contributed by atoms with Gasteiger partial charge in [-0.2, -0.15) is 5.26 Å². The van der Waals surface area contributed by atoms with Crippen LogP contribution in [0.25, 0.3) is 0 Å². The van der Waals surface area contributed by atoms with Crippen molar-refractivity contribution in [2.45, 2.75) is 24.3 Å². The van der Waals surface area contributed by atoms with Gasteiger partial charge >= 0.3 is 0 Å². The Morgan fingerprint density at radius 1 is 1.44 bits per heavy atom. The molecule has 0 aliphatic carbocycles. The minimum atomic E-state index is 0.637. The molecule has 0 aromatic heterocycles. The molecule has 0 unspecified atom stereocenters. The molecule has 0 N–H and O–H groups in total. The summed E-state index contributed by atoms with van der Waals surface area (Å²) in [6.45, 7) is 3.00. The van der Waals surface area contributed by atoms with E-state index in [1.165, 1.54) is 16.0 Å². The molecule has 2 nitrogen and oxygen atoms in total. The molecule has 0 saturated carbocycles. The summed E-state index contributed by atoms with van der Waals surface area (Å²) in [5.74, 6) is 0. The molecule has 0 amide bonds. The number of thioether (sulfide) groups is 1. The first kappa shape index (κ1) is 11.5. The standard InChI is InChI=1S/C13H16N2S/c1-16-13-4-3-12-10-15(7-2-6-14)8-5-11(12)9-13/h3-4,9H,2,5,7-8,10H2,1H3. The summed E-state index contributed by atoms with van der Waals surface area (Å²) in [5.41, 5.74) is 2.92. The van der Waals surface area contributed by atoms with E-state index < -0.39 is 0 Å². The third kappa shape index (κ3) is 2.58. The van der Waals surface area contributed by atoms with Crippen LogP contribution in [0.4, 0.5) is 0 Å². The molecular formula is C13H16N2S. The maximum Gasteiger partial charge on any atom is 0.0635 e. The molecule has 16 heavy (non-hydrogen) atoms. The second-order valence-corrected chi connectivity index (χ2v) is 4.95. The van der Waals surface area contributed by atoms with Crippen LogP contribution in [0.15, 0.2) is 23.1 Å². The Morgan fingerprint density at radius 3 is 3.06 bits per heavy atom. The van der Waals surface area contributed by atoms with Crippen LogP contribution in [0.1, 0.15) is 17.5 Å². The van der Waals surface area contributed by atoms with Crippen molar-refractivity contribution in [3.63, 3.8) is 0 Å². The minimum Gasteiger partial charge on any atom is -0.298 e. The minimum absolute atomic E-state index is 0.637. The predicted molar refractivity (Wildman–Crippen MR) is 67.4 cm³/mol. The van der Waals surface area contributed by atoms with Crippen LogP contribution in [0.5, 0.6) is 0 Å². The highest BCUT2D eigenvalue weighted by Gasteiger charge is 2.15. The number of rotatable bonds is 3. The van der Waals surface area contributed by atoms with Crippen molar-refractivity contribution < 1.29 is 0 Å². The normalized spacial score (nSPS) is 15.5. The average Bonchev–Trinajstić information content (AvgIpc) is 2.35. The molecule has 84 valence electrons. The van der Waals surface area contributed by atoms with Crippen LogP contribution in [0.3, 0.4) is 0 Å². The van der Waals surface area contributed by atoms with E-state index in [2.05, 4.69) is 35.4 Å². The summed E-state index contributed by atoms with van der Waals surface area (Å²) in [7, 11) is 0. The number of fused-ring (bicyclic) bond motifs is 1. The lowest BCUT2D eigenvalue weighted by Gasteiger charge is -2.28. The second kappa shape index (κ2) is 5.38. The first-order valence-corrected chi connectivity index (χ1v) is 6.81. The van der Waals surface area contributed by atoms with Crippen molar-refractivity contribution in [2.24, 2.45) is 0 Å². The monoisotopic (exact) mass is 232 g/mol. The Kier molecular flexibility index (Phi) is 3.87. The van der Waals surface area contributed by atoms with Crippen LogP contribution in [-0.2, 0) is 13.0 Å². The Hall–Kier alpha value is -0.980. The van der Waals surface area contributed by atoms with Crippen molar-refractivity contribution in [3.05, 3.63) is 29.3 Å². The lowest BCUT2D eigenvalue weighted by Crippen LogP contribution is -2.31. The molecule has 0 bridgehead atoms. The highest BCUT2D eigenvalue weighted by molar-refractivity contribution is 7.98. The Labute approximate surface area is 101 Å². The van der Waals surface area contributed by atoms with Gasteiger partial charge in [0.15, 0.2) is 0 Å². The molecule has 1 aliphatic rings.